The Morgan fingerprint density at radius 3 is 2.60 bits per heavy atom. The van der Waals surface area contributed by atoms with Crippen LogP contribution in [-0.4, -0.2) is 16.2 Å². The van der Waals surface area contributed by atoms with E-state index in [9.17, 15) is 0 Å². The summed E-state index contributed by atoms with van der Waals surface area (Å²) in [5.74, 6) is 1.35. The van der Waals surface area contributed by atoms with Gasteiger partial charge in [-0.3, -0.25) is 4.57 Å². The molecule has 3 aromatic rings. The number of imidazole rings is 1. The van der Waals surface area contributed by atoms with E-state index in [0.717, 1.165) is 22.5 Å². The smallest absolute Gasteiger partial charge is 0.205 e. The second-order valence-electron chi connectivity index (χ2n) is 4.72. The molecule has 102 valence electrons. The number of hydrogen-bond donors (Lipinski definition) is 1. The molecule has 0 bridgehead atoms. The molecule has 4 nitrogen and oxygen atoms in total. The largest absolute Gasteiger partial charge is 0.494 e. The minimum absolute atomic E-state index is 0.495. The molecule has 0 aliphatic carbocycles. The Bertz CT molecular complexity index is 744. The number of nitrogens with zero attached hydrogens (tertiary/aromatic N) is 2. The molecular weight excluding hydrogens is 250 g/mol. The van der Waals surface area contributed by atoms with Crippen LogP contribution in [0.3, 0.4) is 0 Å². The fourth-order valence-electron chi connectivity index (χ4n) is 2.33. The molecule has 0 atom stereocenters. The fourth-order valence-corrected chi connectivity index (χ4v) is 2.33. The number of aromatic nitrogens is 2. The quantitative estimate of drug-likeness (QED) is 0.792. The normalized spacial score (nSPS) is 10.9. The Kier molecular flexibility index (Phi) is 3.06. The summed E-state index contributed by atoms with van der Waals surface area (Å²) in [7, 11) is 0. The molecule has 4 heteroatoms. The minimum atomic E-state index is 0.495. The summed E-state index contributed by atoms with van der Waals surface area (Å²) in [5, 5.41) is 0. The second kappa shape index (κ2) is 4.89. The highest BCUT2D eigenvalue weighted by atomic mass is 16.5. The van der Waals surface area contributed by atoms with Crippen LogP contribution < -0.4 is 10.5 Å². The van der Waals surface area contributed by atoms with Gasteiger partial charge in [0.25, 0.3) is 0 Å². The Morgan fingerprint density at radius 1 is 1.15 bits per heavy atom. The van der Waals surface area contributed by atoms with E-state index in [1.165, 1.54) is 5.56 Å². The molecule has 2 N–H and O–H groups in total. The van der Waals surface area contributed by atoms with Crippen LogP contribution in [0.2, 0.25) is 0 Å². The van der Waals surface area contributed by atoms with E-state index >= 15 is 0 Å². The first-order valence-corrected chi connectivity index (χ1v) is 6.67. The molecule has 0 saturated heterocycles. The summed E-state index contributed by atoms with van der Waals surface area (Å²) >= 11 is 0. The van der Waals surface area contributed by atoms with Gasteiger partial charge >= 0.3 is 0 Å². The van der Waals surface area contributed by atoms with Crippen LogP contribution in [0.25, 0.3) is 16.7 Å². The van der Waals surface area contributed by atoms with Crippen LogP contribution in [0.5, 0.6) is 5.75 Å². The molecule has 0 amide bonds. The number of fused-ring (bicyclic) bond motifs is 1. The van der Waals surface area contributed by atoms with Gasteiger partial charge in [0.15, 0.2) is 0 Å². The summed E-state index contributed by atoms with van der Waals surface area (Å²) in [5.41, 5.74) is 10.1. The molecule has 20 heavy (non-hydrogen) atoms. The summed E-state index contributed by atoms with van der Waals surface area (Å²) in [6.07, 6.45) is 0. The van der Waals surface area contributed by atoms with Crippen molar-refractivity contribution in [2.24, 2.45) is 0 Å². The van der Waals surface area contributed by atoms with Gasteiger partial charge in [0.1, 0.15) is 5.75 Å². The SMILES string of the molecule is CCOc1ccc(-n2c(N)nc3ccc(C)cc32)cc1. The third-order valence-electron chi connectivity index (χ3n) is 3.24. The number of nitrogens with two attached hydrogens (primary N) is 1. The van der Waals surface area contributed by atoms with Crippen LogP contribution >= 0.6 is 0 Å². The Hall–Kier alpha value is -2.49. The summed E-state index contributed by atoms with van der Waals surface area (Å²) in [6, 6.07) is 14.0. The molecule has 0 saturated carbocycles. The van der Waals surface area contributed by atoms with E-state index in [1.54, 1.807) is 0 Å². The van der Waals surface area contributed by atoms with Crippen molar-refractivity contribution in [1.29, 1.82) is 0 Å². The third kappa shape index (κ3) is 2.09. The first-order valence-electron chi connectivity index (χ1n) is 6.67. The van der Waals surface area contributed by atoms with Crippen LogP contribution in [-0.2, 0) is 0 Å². The fraction of sp³-hybridized carbons (Fsp3) is 0.188. The summed E-state index contributed by atoms with van der Waals surface area (Å²) in [4.78, 5) is 4.40. The van der Waals surface area contributed by atoms with E-state index in [1.807, 2.05) is 47.9 Å². The zero-order chi connectivity index (χ0) is 14.1. The van der Waals surface area contributed by atoms with Crippen LogP contribution in [0.15, 0.2) is 42.5 Å². The molecule has 0 unspecified atom stereocenters. The highest BCUT2D eigenvalue weighted by Crippen LogP contribution is 2.25. The van der Waals surface area contributed by atoms with Gasteiger partial charge in [0.2, 0.25) is 5.95 Å². The number of rotatable bonds is 3. The van der Waals surface area contributed by atoms with Gasteiger partial charge in [-0.15, -0.1) is 0 Å². The van der Waals surface area contributed by atoms with Gasteiger partial charge in [0, 0.05) is 5.69 Å². The lowest BCUT2D eigenvalue weighted by Crippen LogP contribution is -2.00. The van der Waals surface area contributed by atoms with Gasteiger partial charge in [-0.25, -0.2) is 4.98 Å². The molecule has 0 aliphatic heterocycles. The Balaban J connectivity index is 2.13. The maximum Gasteiger partial charge on any atom is 0.205 e. The molecule has 0 radical (unpaired) electrons. The van der Waals surface area contributed by atoms with Crippen molar-refractivity contribution in [3.05, 3.63) is 48.0 Å². The van der Waals surface area contributed by atoms with Gasteiger partial charge < -0.3 is 10.5 Å². The Morgan fingerprint density at radius 2 is 1.90 bits per heavy atom. The third-order valence-corrected chi connectivity index (χ3v) is 3.24. The zero-order valence-corrected chi connectivity index (χ0v) is 11.6. The standard InChI is InChI=1S/C16H17N3O/c1-3-20-13-7-5-12(6-8-13)19-15-10-11(2)4-9-14(15)18-16(19)17/h4-10H,3H2,1-2H3,(H2,17,18). The Labute approximate surface area is 117 Å². The topological polar surface area (TPSA) is 53.1 Å². The first kappa shape index (κ1) is 12.5. The van der Waals surface area contributed by atoms with Gasteiger partial charge in [-0.2, -0.15) is 0 Å². The lowest BCUT2D eigenvalue weighted by Gasteiger charge is -2.08. The average molecular weight is 267 g/mol. The van der Waals surface area contributed by atoms with Crippen molar-refractivity contribution < 1.29 is 4.74 Å². The molecule has 1 heterocycles. The monoisotopic (exact) mass is 267 g/mol. The highest BCUT2D eigenvalue weighted by molar-refractivity contribution is 5.81. The van der Waals surface area contributed by atoms with Crippen molar-refractivity contribution in [1.82, 2.24) is 9.55 Å². The van der Waals surface area contributed by atoms with Crippen molar-refractivity contribution in [2.45, 2.75) is 13.8 Å². The van der Waals surface area contributed by atoms with Crippen molar-refractivity contribution >= 4 is 17.0 Å². The van der Waals surface area contributed by atoms with E-state index < -0.39 is 0 Å². The van der Waals surface area contributed by atoms with Crippen molar-refractivity contribution in [3.63, 3.8) is 0 Å². The molecule has 0 fully saturated rings. The second-order valence-corrected chi connectivity index (χ2v) is 4.72. The van der Waals surface area contributed by atoms with Crippen molar-refractivity contribution in [2.75, 3.05) is 12.3 Å². The maximum absolute atomic E-state index is 6.05. The van der Waals surface area contributed by atoms with Gasteiger partial charge in [-0.05, 0) is 55.8 Å². The zero-order valence-electron chi connectivity index (χ0n) is 11.6. The van der Waals surface area contributed by atoms with Gasteiger partial charge in [0.05, 0.1) is 17.6 Å². The maximum atomic E-state index is 6.05. The number of benzene rings is 2. The molecule has 3 rings (SSSR count). The number of nitrogen functional groups attached to an aromatic ring is 1. The van der Waals surface area contributed by atoms with E-state index in [2.05, 4.69) is 18.0 Å². The van der Waals surface area contributed by atoms with E-state index in [4.69, 9.17) is 10.5 Å². The highest BCUT2D eigenvalue weighted by Gasteiger charge is 2.10. The van der Waals surface area contributed by atoms with Crippen LogP contribution in [0.1, 0.15) is 12.5 Å². The molecule has 1 aromatic heterocycles. The average Bonchev–Trinajstić information content (AvgIpc) is 2.76. The molecular formula is C16H17N3O. The number of hydrogen-bond acceptors (Lipinski definition) is 3. The molecule has 2 aromatic carbocycles. The first-order chi connectivity index (χ1) is 9.69. The van der Waals surface area contributed by atoms with E-state index in [0.29, 0.717) is 12.6 Å². The van der Waals surface area contributed by atoms with Crippen LogP contribution in [0.4, 0.5) is 5.95 Å². The predicted molar refractivity (Wildman–Crippen MR) is 81.4 cm³/mol. The summed E-state index contributed by atoms with van der Waals surface area (Å²) in [6.45, 7) is 4.69. The summed E-state index contributed by atoms with van der Waals surface area (Å²) < 4.78 is 7.42. The van der Waals surface area contributed by atoms with E-state index in [-0.39, 0.29) is 0 Å². The molecule has 0 spiro atoms. The number of anilines is 1. The molecule has 0 aliphatic rings. The van der Waals surface area contributed by atoms with Crippen LogP contribution in [0, 0.1) is 6.92 Å². The number of ether oxygens (including phenoxy) is 1. The van der Waals surface area contributed by atoms with Crippen molar-refractivity contribution in [3.8, 4) is 11.4 Å². The lowest BCUT2D eigenvalue weighted by molar-refractivity contribution is 0.340. The minimum Gasteiger partial charge on any atom is -0.494 e. The predicted octanol–water partition coefficient (Wildman–Crippen LogP) is 3.31. The lowest BCUT2D eigenvalue weighted by atomic mass is 10.2. The number of aryl methyl sites for hydroxylation is 1. The van der Waals surface area contributed by atoms with Gasteiger partial charge in [-0.1, -0.05) is 6.07 Å².